The first-order valence-electron chi connectivity index (χ1n) is 9.55. The first-order chi connectivity index (χ1) is 13.7. The maximum atomic E-state index is 9.79. The summed E-state index contributed by atoms with van der Waals surface area (Å²) in [6, 6.07) is 22.6. The van der Waals surface area contributed by atoms with Crippen molar-refractivity contribution in [3.63, 3.8) is 0 Å². The van der Waals surface area contributed by atoms with E-state index in [1.54, 1.807) is 0 Å². The lowest BCUT2D eigenvalue weighted by Crippen LogP contribution is -2.38. The van der Waals surface area contributed by atoms with E-state index in [1.165, 1.54) is 0 Å². The molecule has 0 saturated heterocycles. The Morgan fingerprint density at radius 2 is 1.79 bits per heavy atom. The number of ether oxygens (including phenoxy) is 1. The predicted octanol–water partition coefficient (Wildman–Crippen LogP) is 4.17. The highest BCUT2D eigenvalue weighted by Gasteiger charge is 2.37. The minimum atomic E-state index is -0.177. The van der Waals surface area contributed by atoms with Crippen LogP contribution >= 0.6 is 0 Å². The quantitative estimate of drug-likeness (QED) is 0.882. The van der Waals surface area contributed by atoms with E-state index in [1.807, 2.05) is 36.4 Å². The number of hydrogen-bond donors (Lipinski definition) is 1. The van der Waals surface area contributed by atoms with Gasteiger partial charge in [-0.25, -0.2) is 0 Å². The Bertz CT molecular complexity index is 997. The van der Waals surface area contributed by atoms with E-state index in [2.05, 4.69) is 48.2 Å². The monoisotopic (exact) mass is 369 g/mol. The van der Waals surface area contributed by atoms with Crippen LogP contribution in [0.3, 0.4) is 0 Å². The molecule has 0 aliphatic carbocycles. The first-order valence-corrected chi connectivity index (χ1v) is 9.55. The van der Waals surface area contributed by atoms with Crippen molar-refractivity contribution in [1.82, 2.24) is 4.90 Å². The summed E-state index contributed by atoms with van der Waals surface area (Å²) >= 11 is 0. The number of nitrogens with two attached hydrogens (primary N) is 1. The zero-order valence-corrected chi connectivity index (χ0v) is 15.9. The highest BCUT2D eigenvalue weighted by molar-refractivity contribution is 5.63. The number of allylic oxidation sites excluding steroid dienone is 1. The summed E-state index contributed by atoms with van der Waals surface area (Å²) in [7, 11) is 0. The van der Waals surface area contributed by atoms with Crippen LogP contribution in [0.15, 0.2) is 89.0 Å². The van der Waals surface area contributed by atoms with Crippen LogP contribution in [0.4, 0.5) is 0 Å². The number of benzene rings is 2. The van der Waals surface area contributed by atoms with E-state index in [0.29, 0.717) is 5.57 Å². The van der Waals surface area contributed by atoms with Gasteiger partial charge in [0, 0.05) is 18.7 Å². The molecule has 4 rings (SSSR count). The highest BCUT2D eigenvalue weighted by atomic mass is 16.5. The Kier molecular flexibility index (Phi) is 5.01. The topological polar surface area (TPSA) is 62.3 Å². The molecule has 140 valence electrons. The van der Waals surface area contributed by atoms with Crippen LogP contribution in [0.25, 0.3) is 6.08 Å². The molecule has 0 spiro atoms. The fourth-order valence-corrected chi connectivity index (χ4v) is 3.94. The van der Waals surface area contributed by atoms with Crippen molar-refractivity contribution < 1.29 is 4.74 Å². The molecule has 4 heteroatoms. The number of likely N-dealkylation sites (N-methyl/N-ethyl adjacent to an activating group) is 1. The van der Waals surface area contributed by atoms with Gasteiger partial charge in [-0.2, -0.15) is 5.26 Å². The van der Waals surface area contributed by atoms with Crippen LogP contribution < -0.4 is 5.73 Å². The Morgan fingerprint density at radius 3 is 2.43 bits per heavy atom. The Morgan fingerprint density at radius 1 is 1.11 bits per heavy atom. The predicted molar refractivity (Wildman–Crippen MR) is 111 cm³/mol. The molecule has 2 aliphatic heterocycles. The lowest BCUT2D eigenvalue weighted by atomic mass is 9.80. The van der Waals surface area contributed by atoms with E-state index in [9.17, 15) is 5.26 Å². The van der Waals surface area contributed by atoms with Gasteiger partial charge in [0.05, 0.1) is 5.92 Å². The van der Waals surface area contributed by atoms with Gasteiger partial charge in [0.1, 0.15) is 17.4 Å². The second kappa shape index (κ2) is 7.75. The molecule has 0 saturated carbocycles. The molecule has 2 aromatic carbocycles. The fourth-order valence-electron chi connectivity index (χ4n) is 3.94. The summed E-state index contributed by atoms with van der Waals surface area (Å²) in [6.45, 7) is 4.63. The van der Waals surface area contributed by atoms with Gasteiger partial charge in [0.2, 0.25) is 5.88 Å². The molecular formula is C24H23N3O. The van der Waals surface area contributed by atoms with Crippen molar-refractivity contribution in [1.29, 1.82) is 5.26 Å². The van der Waals surface area contributed by atoms with E-state index in [0.717, 1.165) is 47.7 Å². The lowest BCUT2D eigenvalue weighted by molar-refractivity contribution is 0.239. The molecule has 2 aliphatic rings. The summed E-state index contributed by atoms with van der Waals surface area (Å²) < 4.78 is 6.04. The second-order valence-electron chi connectivity index (χ2n) is 7.07. The van der Waals surface area contributed by atoms with Gasteiger partial charge in [0.25, 0.3) is 0 Å². The highest BCUT2D eigenvalue weighted by Crippen LogP contribution is 2.43. The minimum absolute atomic E-state index is 0.177. The third-order valence-corrected chi connectivity index (χ3v) is 5.33. The van der Waals surface area contributed by atoms with E-state index >= 15 is 0 Å². The van der Waals surface area contributed by atoms with E-state index < -0.39 is 0 Å². The minimum Gasteiger partial charge on any atom is -0.440 e. The normalized spacial score (nSPS) is 21.3. The molecule has 1 atom stereocenters. The van der Waals surface area contributed by atoms with E-state index in [4.69, 9.17) is 10.5 Å². The number of hydrogen-bond acceptors (Lipinski definition) is 4. The van der Waals surface area contributed by atoms with Crippen LogP contribution in [0.1, 0.15) is 24.0 Å². The van der Waals surface area contributed by atoms with Gasteiger partial charge in [-0.05, 0) is 29.3 Å². The van der Waals surface area contributed by atoms with Crippen LogP contribution in [-0.4, -0.2) is 24.5 Å². The maximum Gasteiger partial charge on any atom is 0.205 e. The van der Waals surface area contributed by atoms with Crippen LogP contribution in [0.2, 0.25) is 0 Å². The Hall–Kier alpha value is -3.29. The molecule has 2 aromatic rings. The molecule has 28 heavy (non-hydrogen) atoms. The van der Waals surface area contributed by atoms with Crippen molar-refractivity contribution in [2.24, 2.45) is 5.73 Å². The lowest BCUT2D eigenvalue weighted by Gasteiger charge is -2.38. The first kappa shape index (κ1) is 18.1. The zero-order chi connectivity index (χ0) is 19.5. The van der Waals surface area contributed by atoms with Crippen LogP contribution in [0, 0.1) is 11.3 Å². The molecule has 2 N–H and O–H groups in total. The maximum absolute atomic E-state index is 9.79. The smallest absolute Gasteiger partial charge is 0.205 e. The molecule has 0 aromatic heterocycles. The van der Waals surface area contributed by atoms with Gasteiger partial charge in [-0.3, -0.25) is 4.90 Å². The molecule has 0 amide bonds. The van der Waals surface area contributed by atoms with Crippen LogP contribution in [-0.2, 0) is 4.74 Å². The van der Waals surface area contributed by atoms with Crippen molar-refractivity contribution in [3.05, 3.63) is 100 Å². The summed E-state index contributed by atoms with van der Waals surface area (Å²) in [4.78, 5) is 2.36. The zero-order valence-electron chi connectivity index (χ0n) is 15.9. The number of nitrogens with zero attached hydrogens (tertiary/aromatic N) is 2. The van der Waals surface area contributed by atoms with Crippen molar-refractivity contribution >= 4 is 6.08 Å². The van der Waals surface area contributed by atoms with Crippen molar-refractivity contribution in [2.45, 2.75) is 12.8 Å². The summed E-state index contributed by atoms with van der Waals surface area (Å²) in [5.41, 5.74) is 11.1. The van der Waals surface area contributed by atoms with Gasteiger partial charge in [-0.15, -0.1) is 0 Å². The standard InChI is InChI=1S/C24H23N3O/c1-2-27-15-19(13-17-9-5-3-6-10-17)23-21(16-27)22(18-11-7-4-8-12-18)20(14-25)24(26)28-23/h3-13,22H,2,15-16,26H2,1H3/b19-13+/t22-/m0/s1. The van der Waals surface area contributed by atoms with Gasteiger partial charge >= 0.3 is 0 Å². The molecule has 0 radical (unpaired) electrons. The molecule has 0 unspecified atom stereocenters. The van der Waals surface area contributed by atoms with Gasteiger partial charge in [-0.1, -0.05) is 67.6 Å². The van der Waals surface area contributed by atoms with Crippen molar-refractivity contribution in [3.8, 4) is 6.07 Å². The average Bonchev–Trinajstić information content (AvgIpc) is 2.74. The van der Waals surface area contributed by atoms with Gasteiger partial charge in [0.15, 0.2) is 0 Å². The third-order valence-electron chi connectivity index (χ3n) is 5.33. The largest absolute Gasteiger partial charge is 0.440 e. The summed E-state index contributed by atoms with van der Waals surface area (Å²) in [5, 5.41) is 9.79. The molecule has 4 nitrogen and oxygen atoms in total. The third kappa shape index (κ3) is 3.33. The van der Waals surface area contributed by atoms with Crippen molar-refractivity contribution in [2.75, 3.05) is 19.6 Å². The van der Waals surface area contributed by atoms with E-state index in [-0.39, 0.29) is 11.8 Å². The molecular weight excluding hydrogens is 346 g/mol. The Labute approximate surface area is 165 Å². The fraction of sp³-hybridized carbons (Fsp3) is 0.208. The molecule has 2 heterocycles. The van der Waals surface area contributed by atoms with Crippen LogP contribution in [0.5, 0.6) is 0 Å². The van der Waals surface area contributed by atoms with Gasteiger partial charge < -0.3 is 10.5 Å². The molecule has 0 fully saturated rings. The Balaban J connectivity index is 1.87. The number of rotatable bonds is 3. The number of nitriles is 1. The summed E-state index contributed by atoms with van der Waals surface area (Å²) in [6.07, 6.45) is 2.16. The summed E-state index contributed by atoms with van der Waals surface area (Å²) in [5.74, 6) is 0.849. The SMILES string of the molecule is CCN1CC2=C(OC(N)=C(C#N)[C@@H]2c2ccccc2)/C(=C/c2ccccc2)C1. The second-order valence-corrected chi connectivity index (χ2v) is 7.07. The molecule has 0 bridgehead atoms. The average molecular weight is 369 g/mol.